The summed E-state index contributed by atoms with van der Waals surface area (Å²) in [7, 11) is 1.60. The second kappa shape index (κ2) is 7.11. The fourth-order valence-electron chi connectivity index (χ4n) is 6.43. The summed E-state index contributed by atoms with van der Waals surface area (Å²) in [6, 6.07) is 12.6. The normalized spacial score (nSPS) is 31.2. The largest absolute Gasteiger partial charge is 0.497 e. The maximum atomic E-state index is 13.1. The van der Waals surface area contributed by atoms with Crippen molar-refractivity contribution < 1.29 is 14.3 Å². The number of pyridine rings is 1. The molecule has 2 amide bonds. The molecule has 4 saturated carbocycles. The standard InChI is InChI=1S/C24H27N3O3/c1-30-19-6-4-5-18(10-19)21(28)26-23-11-16-9-17(12-23)14-24(13-16,15-23)27-22(29)20-7-2-3-8-25-20/h2-8,10,16-17H,9,11-15H2,1H3,(H,26,28)(H,27,29). The highest BCUT2D eigenvalue weighted by molar-refractivity contribution is 5.95. The lowest BCUT2D eigenvalue weighted by Gasteiger charge is -2.62. The van der Waals surface area contributed by atoms with E-state index in [0.717, 1.165) is 32.1 Å². The van der Waals surface area contributed by atoms with Crippen LogP contribution in [-0.4, -0.2) is 35.0 Å². The number of hydrogen-bond donors (Lipinski definition) is 2. The van der Waals surface area contributed by atoms with Crippen molar-refractivity contribution in [3.8, 4) is 5.75 Å². The van der Waals surface area contributed by atoms with E-state index in [-0.39, 0.29) is 22.9 Å². The highest BCUT2D eigenvalue weighted by Crippen LogP contribution is 2.57. The fourth-order valence-corrected chi connectivity index (χ4v) is 6.43. The van der Waals surface area contributed by atoms with Gasteiger partial charge < -0.3 is 15.4 Å². The number of carbonyl (C=O) groups excluding carboxylic acids is 2. The van der Waals surface area contributed by atoms with Crippen molar-refractivity contribution in [1.29, 1.82) is 0 Å². The van der Waals surface area contributed by atoms with Crippen LogP contribution < -0.4 is 15.4 Å². The van der Waals surface area contributed by atoms with Crippen LogP contribution in [0.4, 0.5) is 0 Å². The van der Waals surface area contributed by atoms with E-state index in [9.17, 15) is 9.59 Å². The summed E-state index contributed by atoms with van der Waals surface area (Å²) < 4.78 is 5.27. The molecule has 4 aliphatic rings. The fraction of sp³-hybridized carbons (Fsp3) is 0.458. The first-order valence-corrected chi connectivity index (χ1v) is 10.7. The maximum Gasteiger partial charge on any atom is 0.270 e. The van der Waals surface area contributed by atoms with Gasteiger partial charge in [0, 0.05) is 22.8 Å². The number of hydrogen-bond acceptors (Lipinski definition) is 4. The highest BCUT2D eigenvalue weighted by Gasteiger charge is 2.58. The summed E-state index contributed by atoms with van der Waals surface area (Å²) in [5.74, 6) is 1.54. The SMILES string of the molecule is COc1cccc(C(=O)NC23CC4CC(C2)CC(NC(=O)c2ccccn2)(C4)C3)c1. The van der Waals surface area contributed by atoms with Crippen molar-refractivity contribution in [2.75, 3.05) is 7.11 Å². The summed E-state index contributed by atoms with van der Waals surface area (Å²) >= 11 is 0. The van der Waals surface area contributed by atoms with E-state index in [4.69, 9.17) is 4.74 Å². The third-order valence-electron chi connectivity index (χ3n) is 7.05. The van der Waals surface area contributed by atoms with Gasteiger partial charge in [-0.2, -0.15) is 0 Å². The molecule has 0 saturated heterocycles. The van der Waals surface area contributed by atoms with Gasteiger partial charge in [-0.1, -0.05) is 12.1 Å². The molecule has 2 unspecified atom stereocenters. The second-order valence-electron chi connectivity index (χ2n) is 9.38. The third kappa shape index (κ3) is 3.44. The zero-order valence-corrected chi connectivity index (χ0v) is 17.2. The molecular weight excluding hydrogens is 378 g/mol. The van der Waals surface area contributed by atoms with Gasteiger partial charge in [0.05, 0.1) is 7.11 Å². The van der Waals surface area contributed by atoms with Crippen molar-refractivity contribution in [3.63, 3.8) is 0 Å². The molecule has 6 nitrogen and oxygen atoms in total. The number of aromatic nitrogens is 1. The van der Waals surface area contributed by atoms with Gasteiger partial charge in [-0.25, -0.2) is 0 Å². The lowest BCUT2D eigenvalue weighted by atomic mass is 9.49. The maximum absolute atomic E-state index is 13.1. The molecule has 6 heteroatoms. The van der Waals surface area contributed by atoms with Crippen LogP contribution in [0.1, 0.15) is 59.4 Å². The van der Waals surface area contributed by atoms with Crippen LogP contribution in [0.15, 0.2) is 48.7 Å². The van der Waals surface area contributed by atoms with E-state index >= 15 is 0 Å². The van der Waals surface area contributed by atoms with Crippen LogP contribution in [0.3, 0.4) is 0 Å². The number of methoxy groups -OCH3 is 1. The van der Waals surface area contributed by atoms with Crippen LogP contribution in [0.5, 0.6) is 5.75 Å². The third-order valence-corrected chi connectivity index (χ3v) is 7.05. The Morgan fingerprint density at radius 2 is 1.67 bits per heavy atom. The van der Waals surface area contributed by atoms with Gasteiger partial charge in [0.15, 0.2) is 0 Å². The van der Waals surface area contributed by atoms with Crippen LogP contribution >= 0.6 is 0 Å². The molecular formula is C24H27N3O3. The van der Waals surface area contributed by atoms with E-state index in [0.29, 0.717) is 28.8 Å². The smallest absolute Gasteiger partial charge is 0.270 e. The van der Waals surface area contributed by atoms with Crippen molar-refractivity contribution in [2.45, 2.75) is 49.6 Å². The summed E-state index contributed by atoms with van der Waals surface area (Å²) in [6.45, 7) is 0. The van der Waals surface area contributed by atoms with Crippen molar-refractivity contribution >= 4 is 11.8 Å². The molecule has 0 spiro atoms. The van der Waals surface area contributed by atoms with Crippen molar-refractivity contribution in [1.82, 2.24) is 15.6 Å². The average molecular weight is 405 g/mol. The zero-order chi connectivity index (χ0) is 20.8. The topological polar surface area (TPSA) is 80.3 Å². The van der Waals surface area contributed by atoms with Gasteiger partial charge >= 0.3 is 0 Å². The number of carbonyl (C=O) groups is 2. The Balaban J connectivity index is 1.37. The Morgan fingerprint density at radius 1 is 0.967 bits per heavy atom. The molecule has 4 aliphatic carbocycles. The Morgan fingerprint density at radius 3 is 2.30 bits per heavy atom. The zero-order valence-electron chi connectivity index (χ0n) is 17.2. The molecule has 0 aliphatic heterocycles. The minimum absolute atomic E-state index is 0.0675. The van der Waals surface area contributed by atoms with Crippen LogP contribution in [-0.2, 0) is 0 Å². The summed E-state index contributed by atoms with van der Waals surface area (Å²) in [5, 5.41) is 6.69. The summed E-state index contributed by atoms with van der Waals surface area (Å²) in [4.78, 5) is 30.2. The molecule has 4 bridgehead atoms. The molecule has 2 atom stereocenters. The number of rotatable bonds is 5. The van der Waals surface area contributed by atoms with Gasteiger partial charge in [0.25, 0.3) is 11.8 Å². The number of ether oxygens (including phenoxy) is 1. The highest BCUT2D eigenvalue weighted by atomic mass is 16.5. The Bertz CT molecular complexity index is 961. The Hall–Kier alpha value is -2.89. The van der Waals surface area contributed by atoms with Gasteiger partial charge in [-0.3, -0.25) is 14.6 Å². The predicted octanol–water partition coefficient (Wildman–Crippen LogP) is 3.34. The molecule has 2 N–H and O–H groups in total. The monoisotopic (exact) mass is 405 g/mol. The van der Waals surface area contributed by atoms with Crippen molar-refractivity contribution in [2.24, 2.45) is 11.8 Å². The van der Waals surface area contributed by atoms with Crippen LogP contribution in [0.25, 0.3) is 0 Å². The molecule has 2 aromatic rings. The van der Waals surface area contributed by atoms with E-state index in [2.05, 4.69) is 15.6 Å². The predicted molar refractivity (Wildman–Crippen MR) is 112 cm³/mol. The van der Waals surface area contributed by atoms with E-state index in [1.54, 1.807) is 25.4 Å². The quantitative estimate of drug-likeness (QED) is 0.800. The first kappa shape index (κ1) is 19.1. The summed E-state index contributed by atoms with van der Waals surface area (Å²) in [6.07, 6.45) is 7.56. The van der Waals surface area contributed by atoms with Gasteiger partial charge in [0.1, 0.15) is 11.4 Å². The molecule has 156 valence electrons. The molecule has 6 rings (SSSR count). The van der Waals surface area contributed by atoms with E-state index < -0.39 is 0 Å². The van der Waals surface area contributed by atoms with Crippen LogP contribution in [0.2, 0.25) is 0 Å². The first-order valence-electron chi connectivity index (χ1n) is 10.7. The minimum atomic E-state index is -0.264. The average Bonchev–Trinajstić information content (AvgIpc) is 2.72. The molecule has 1 heterocycles. The van der Waals surface area contributed by atoms with Crippen molar-refractivity contribution in [3.05, 3.63) is 59.9 Å². The molecule has 0 radical (unpaired) electrons. The minimum Gasteiger partial charge on any atom is -0.497 e. The van der Waals surface area contributed by atoms with Crippen LogP contribution in [0, 0.1) is 11.8 Å². The molecule has 1 aromatic carbocycles. The summed E-state index contributed by atoms with van der Waals surface area (Å²) in [5.41, 5.74) is 0.529. The molecule has 30 heavy (non-hydrogen) atoms. The Labute approximate surface area is 176 Å². The van der Waals surface area contributed by atoms with Gasteiger partial charge in [-0.05, 0) is 80.7 Å². The lowest BCUT2D eigenvalue weighted by molar-refractivity contribution is -0.0448. The molecule has 4 fully saturated rings. The van der Waals surface area contributed by atoms with E-state index in [1.807, 2.05) is 30.3 Å². The number of nitrogens with zero attached hydrogens (tertiary/aromatic N) is 1. The Kier molecular flexibility index (Phi) is 4.53. The second-order valence-corrected chi connectivity index (χ2v) is 9.38. The number of nitrogens with one attached hydrogen (secondary N) is 2. The number of amides is 2. The van der Waals surface area contributed by atoms with Gasteiger partial charge in [0.2, 0.25) is 0 Å². The number of benzene rings is 1. The first-order chi connectivity index (χ1) is 14.5. The van der Waals surface area contributed by atoms with E-state index in [1.165, 1.54) is 6.42 Å². The molecule has 1 aromatic heterocycles. The van der Waals surface area contributed by atoms with Gasteiger partial charge in [-0.15, -0.1) is 0 Å². The lowest BCUT2D eigenvalue weighted by Crippen LogP contribution is -2.69.